The van der Waals surface area contributed by atoms with E-state index < -0.39 is 0 Å². The van der Waals surface area contributed by atoms with E-state index in [9.17, 15) is 4.79 Å². The first-order valence-corrected chi connectivity index (χ1v) is 5.62. The van der Waals surface area contributed by atoms with Gasteiger partial charge in [0.25, 0.3) is 5.91 Å². The van der Waals surface area contributed by atoms with Gasteiger partial charge < -0.3 is 5.32 Å². The minimum absolute atomic E-state index is 0.136. The van der Waals surface area contributed by atoms with Crippen LogP contribution in [-0.4, -0.2) is 5.91 Å². The molecule has 0 aliphatic heterocycles. The van der Waals surface area contributed by atoms with Crippen molar-refractivity contribution in [1.29, 1.82) is 5.26 Å². The van der Waals surface area contributed by atoms with Crippen molar-refractivity contribution in [3.63, 3.8) is 0 Å². The van der Waals surface area contributed by atoms with Crippen LogP contribution in [0.1, 0.15) is 21.5 Å². The fourth-order valence-electron chi connectivity index (χ4n) is 1.65. The average molecular weight is 236 g/mol. The SMILES string of the molecule is N#Cc1ccccc1CNC(=O)c1ccccc1. The predicted octanol–water partition coefficient (Wildman–Crippen LogP) is 2.49. The lowest BCUT2D eigenvalue weighted by Crippen LogP contribution is -2.23. The second-order valence-corrected chi connectivity index (χ2v) is 3.82. The molecule has 1 N–H and O–H groups in total. The summed E-state index contributed by atoms with van der Waals surface area (Å²) in [6, 6.07) is 18.4. The van der Waals surface area contributed by atoms with E-state index in [-0.39, 0.29) is 5.91 Å². The van der Waals surface area contributed by atoms with Gasteiger partial charge in [-0.25, -0.2) is 0 Å². The van der Waals surface area contributed by atoms with Crippen LogP contribution in [-0.2, 0) is 6.54 Å². The summed E-state index contributed by atoms with van der Waals surface area (Å²) in [7, 11) is 0. The third-order valence-electron chi connectivity index (χ3n) is 2.61. The maximum Gasteiger partial charge on any atom is 0.251 e. The van der Waals surface area contributed by atoms with Crippen molar-refractivity contribution >= 4 is 5.91 Å². The quantitative estimate of drug-likeness (QED) is 0.890. The van der Waals surface area contributed by atoms with Crippen LogP contribution < -0.4 is 5.32 Å². The molecule has 0 atom stereocenters. The van der Waals surface area contributed by atoms with Crippen molar-refractivity contribution in [3.05, 3.63) is 71.3 Å². The Labute approximate surface area is 106 Å². The Bertz CT molecular complexity index is 585. The van der Waals surface area contributed by atoms with Gasteiger partial charge in [0.05, 0.1) is 11.6 Å². The highest BCUT2D eigenvalue weighted by atomic mass is 16.1. The van der Waals surface area contributed by atoms with Crippen molar-refractivity contribution in [2.75, 3.05) is 0 Å². The summed E-state index contributed by atoms with van der Waals surface area (Å²) in [4.78, 5) is 11.8. The zero-order valence-corrected chi connectivity index (χ0v) is 9.76. The Morgan fingerprint density at radius 1 is 1.06 bits per heavy atom. The van der Waals surface area contributed by atoms with Crippen LogP contribution in [0.5, 0.6) is 0 Å². The van der Waals surface area contributed by atoms with Gasteiger partial charge in [-0.15, -0.1) is 0 Å². The Hall–Kier alpha value is -2.60. The molecular formula is C15H12N2O. The van der Waals surface area contributed by atoms with Crippen LogP contribution in [0.25, 0.3) is 0 Å². The molecule has 0 aromatic heterocycles. The topological polar surface area (TPSA) is 52.9 Å². The zero-order valence-electron chi connectivity index (χ0n) is 9.76. The highest BCUT2D eigenvalue weighted by molar-refractivity contribution is 5.94. The number of amides is 1. The molecule has 88 valence electrons. The van der Waals surface area contributed by atoms with Crippen LogP contribution in [0.3, 0.4) is 0 Å². The Balaban J connectivity index is 2.05. The minimum atomic E-state index is -0.136. The molecule has 18 heavy (non-hydrogen) atoms. The maximum absolute atomic E-state index is 11.8. The van der Waals surface area contributed by atoms with Gasteiger partial charge >= 0.3 is 0 Å². The van der Waals surface area contributed by atoms with Crippen molar-refractivity contribution in [2.45, 2.75) is 6.54 Å². The van der Waals surface area contributed by atoms with Crippen LogP contribution in [0.4, 0.5) is 0 Å². The number of benzene rings is 2. The number of nitriles is 1. The fraction of sp³-hybridized carbons (Fsp3) is 0.0667. The molecule has 0 saturated heterocycles. The van der Waals surface area contributed by atoms with Crippen molar-refractivity contribution in [2.24, 2.45) is 0 Å². The van der Waals surface area contributed by atoms with E-state index in [2.05, 4.69) is 11.4 Å². The third-order valence-corrected chi connectivity index (χ3v) is 2.61. The normalized spacial score (nSPS) is 9.50. The van der Waals surface area contributed by atoms with Gasteiger partial charge in [-0.2, -0.15) is 5.26 Å². The molecule has 0 unspecified atom stereocenters. The first kappa shape index (κ1) is 11.9. The third kappa shape index (κ3) is 2.74. The smallest absolute Gasteiger partial charge is 0.251 e. The highest BCUT2D eigenvalue weighted by Crippen LogP contribution is 2.07. The van der Waals surface area contributed by atoms with Gasteiger partial charge in [-0.05, 0) is 23.8 Å². The maximum atomic E-state index is 11.8. The molecular weight excluding hydrogens is 224 g/mol. The van der Waals surface area contributed by atoms with E-state index in [1.54, 1.807) is 24.3 Å². The first-order chi connectivity index (χ1) is 8.81. The summed E-state index contributed by atoms with van der Waals surface area (Å²) in [5.74, 6) is -0.136. The van der Waals surface area contributed by atoms with Gasteiger partial charge in [0, 0.05) is 12.1 Å². The lowest BCUT2D eigenvalue weighted by atomic mass is 10.1. The molecule has 3 heteroatoms. The Morgan fingerprint density at radius 2 is 1.72 bits per heavy atom. The molecule has 0 radical (unpaired) electrons. The van der Waals surface area contributed by atoms with Gasteiger partial charge in [0.2, 0.25) is 0 Å². The molecule has 1 amide bonds. The molecule has 2 rings (SSSR count). The monoisotopic (exact) mass is 236 g/mol. The van der Waals surface area contributed by atoms with E-state index in [0.29, 0.717) is 17.7 Å². The average Bonchev–Trinajstić information content (AvgIpc) is 2.46. The minimum Gasteiger partial charge on any atom is -0.348 e. The van der Waals surface area contributed by atoms with Gasteiger partial charge in [0.15, 0.2) is 0 Å². The Morgan fingerprint density at radius 3 is 2.44 bits per heavy atom. The van der Waals surface area contributed by atoms with E-state index in [1.165, 1.54) is 0 Å². The van der Waals surface area contributed by atoms with Crippen molar-refractivity contribution < 1.29 is 4.79 Å². The number of nitrogens with one attached hydrogen (secondary N) is 1. The van der Waals surface area contributed by atoms with E-state index in [1.807, 2.05) is 30.3 Å². The molecule has 0 heterocycles. The molecule has 0 saturated carbocycles. The standard InChI is InChI=1S/C15H12N2O/c16-10-13-8-4-5-9-14(13)11-17-15(18)12-6-2-1-3-7-12/h1-9H,11H2,(H,17,18). The summed E-state index contributed by atoms with van der Waals surface area (Å²) in [5.41, 5.74) is 2.03. The van der Waals surface area contributed by atoms with E-state index in [0.717, 1.165) is 5.56 Å². The molecule has 3 nitrogen and oxygen atoms in total. The molecule has 0 bridgehead atoms. The molecule has 0 aliphatic rings. The van der Waals surface area contributed by atoms with Gasteiger partial charge in [-0.3, -0.25) is 4.79 Å². The lowest BCUT2D eigenvalue weighted by Gasteiger charge is -2.06. The number of carbonyl (C=O) groups excluding carboxylic acids is 1. The summed E-state index contributed by atoms with van der Waals surface area (Å²) in [6.07, 6.45) is 0. The van der Waals surface area contributed by atoms with Crippen molar-refractivity contribution in [3.8, 4) is 6.07 Å². The molecule has 2 aromatic carbocycles. The summed E-state index contributed by atoms with van der Waals surface area (Å²) < 4.78 is 0. The molecule has 0 fully saturated rings. The second kappa shape index (κ2) is 5.65. The van der Waals surface area contributed by atoms with Crippen LogP contribution >= 0.6 is 0 Å². The number of nitrogens with zero attached hydrogens (tertiary/aromatic N) is 1. The van der Waals surface area contributed by atoms with Crippen LogP contribution in [0.15, 0.2) is 54.6 Å². The van der Waals surface area contributed by atoms with Crippen molar-refractivity contribution in [1.82, 2.24) is 5.32 Å². The van der Waals surface area contributed by atoms with E-state index in [4.69, 9.17) is 5.26 Å². The zero-order chi connectivity index (χ0) is 12.8. The molecule has 0 aliphatic carbocycles. The number of rotatable bonds is 3. The van der Waals surface area contributed by atoms with Crippen LogP contribution in [0, 0.1) is 11.3 Å². The lowest BCUT2D eigenvalue weighted by molar-refractivity contribution is 0.0951. The molecule has 0 spiro atoms. The number of hydrogen-bond acceptors (Lipinski definition) is 2. The van der Waals surface area contributed by atoms with Gasteiger partial charge in [0.1, 0.15) is 0 Å². The first-order valence-electron chi connectivity index (χ1n) is 5.62. The number of hydrogen-bond donors (Lipinski definition) is 1. The fourth-order valence-corrected chi connectivity index (χ4v) is 1.65. The summed E-state index contributed by atoms with van der Waals surface area (Å²) in [5, 5.41) is 11.7. The van der Waals surface area contributed by atoms with Gasteiger partial charge in [-0.1, -0.05) is 36.4 Å². The predicted molar refractivity (Wildman–Crippen MR) is 68.8 cm³/mol. The largest absolute Gasteiger partial charge is 0.348 e. The van der Waals surface area contributed by atoms with E-state index >= 15 is 0 Å². The highest BCUT2D eigenvalue weighted by Gasteiger charge is 2.05. The second-order valence-electron chi connectivity index (χ2n) is 3.82. The molecule has 2 aromatic rings. The van der Waals surface area contributed by atoms with Crippen LogP contribution in [0.2, 0.25) is 0 Å². The summed E-state index contributed by atoms with van der Waals surface area (Å²) >= 11 is 0. The number of carbonyl (C=O) groups is 1. The summed E-state index contributed by atoms with van der Waals surface area (Å²) in [6.45, 7) is 0.359. The Kier molecular flexibility index (Phi) is 3.72.